The van der Waals surface area contributed by atoms with Crippen LogP contribution in [0.4, 0.5) is 0 Å². The van der Waals surface area contributed by atoms with E-state index in [1.54, 1.807) is 0 Å². The second-order valence-electron chi connectivity index (χ2n) is 7.42. The van der Waals surface area contributed by atoms with Crippen LogP contribution in [0.3, 0.4) is 0 Å². The molecule has 0 saturated heterocycles. The highest BCUT2D eigenvalue weighted by molar-refractivity contribution is 5.83. The zero-order valence-electron chi connectivity index (χ0n) is 13.4. The van der Waals surface area contributed by atoms with Crippen molar-refractivity contribution in [1.82, 2.24) is 0 Å². The summed E-state index contributed by atoms with van der Waals surface area (Å²) in [6.07, 6.45) is 12.2. The van der Waals surface area contributed by atoms with Gasteiger partial charge in [-0.15, -0.1) is 0 Å². The highest BCUT2D eigenvalue weighted by atomic mass is 16.5. The number of ether oxygens (including phenoxy) is 1. The smallest absolute Gasteiger partial charge is 0.161 e. The first-order chi connectivity index (χ1) is 9.65. The molecule has 2 saturated carbocycles. The molecule has 0 N–H and O–H groups in total. The van der Waals surface area contributed by atoms with E-state index < -0.39 is 0 Å². The van der Waals surface area contributed by atoms with Crippen molar-refractivity contribution in [1.29, 1.82) is 0 Å². The average molecular weight is 280 g/mol. The van der Waals surface area contributed by atoms with Crippen molar-refractivity contribution in [2.24, 2.45) is 17.8 Å². The monoisotopic (exact) mass is 280 g/mol. The molecular formula is C18H32O2. The van der Waals surface area contributed by atoms with E-state index in [4.69, 9.17) is 4.74 Å². The standard InChI is InChI=1S/C18H32O2/c1-14(2)11-17(19)18(12-15-7-3-4-8-15)20-13-16-9-5-6-10-16/h14-16,18H,3-13H2,1-2H3. The molecule has 0 radical (unpaired) electrons. The first-order valence-electron chi connectivity index (χ1n) is 8.79. The minimum absolute atomic E-state index is 0.110. The Bertz CT molecular complexity index is 286. The summed E-state index contributed by atoms with van der Waals surface area (Å²) in [6.45, 7) is 5.07. The Morgan fingerprint density at radius 1 is 1.00 bits per heavy atom. The minimum Gasteiger partial charge on any atom is -0.370 e. The molecular weight excluding hydrogens is 248 g/mol. The van der Waals surface area contributed by atoms with E-state index in [0.717, 1.165) is 18.9 Å². The van der Waals surface area contributed by atoms with Crippen LogP contribution in [-0.2, 0) is 9.53 Å². The van der Waals surface area contributed by atoms with E-state index in [0.29, 0.717) is 24.0 Å². The van der Waals surface area contributed by atoms with Crippen LogP contribution in [0.2, 0.25) is 0 Å². The van der Waals surface area contributed by atoms with E-state index in [1.807, 2.05) is 0 Å². The summed E-state index contributed by atoms with van der Waals surface area (Å²) in [5.41, 5.74) is 0. The van der Waals surface area contributed by atoms with Crippen LogP contribution < -0.4 is 0 Å². The highest BCUT2D eigenvalue weighted by Gasteiger charge is 2.27. The van der Waals surface area contributed by atoms with Gasteiger partial charge in [0.1, 0.15) is 6.10 Å². The number of carbonyl (C=O) groups is 1. The molecule has 2 aliphatic carbocycles. The summed E-state index contributed by atoms with van der Waals surface area (Å²) in [6, 6.07) is 0. The number of hydrogen-bond acceptors (Lipinski definition) is 2. The fraction of sp³-hybridized carbons (Fsp3) is 0.944. The molecule has 0 amide bonds. The van der Waals surface area contributed by atoms with Crippen molar-refractivity contribution in [2.45, 2.75) is 84.2 Å². The Morgan fingerprint density at radius 2 is 1.55 bits per heavy atom. The van der Waals surface area contributed by atoms with Crippen molar-refractivity contribution in [3.05, 3.63) is 0 Å². The van der Waals surface area contributed by atoms with Crippen molar-refractivity contribution in [3.63, 3.8) is 0 Å². The summed E-state index contributed by atoms with van der Waals surface area (Å²) in [5.74, 6) is 2.25. The Morgan fingerprint density at radius 3 is 2.10 bits per heavy atom. The number of rotatable bonds is 8. The third kappa shape index (κ3) is 5.20. The summed E-state index contributed by atoms with van der Waals surface area (Å²) >= 11 is 0. The first kappa shape index (κ1) is 16.0. The van der Waals surface area contributed by atoms with Gasteiger partial charge in [0, 0.05) is 6.42 Å². The van der Waals surface area contributed by atoms with Gasteiger partial charge in [0.15, 0.2) is 5.78 Å². The lowest BCUT2D eigenvalue weighted by atomic mass is 9.94. The third-order valence-corrected chi connectivity index (χ3v) is 5.00. The molecule has 0 bridgehead atoms. The molecule has 0 aliphatic heterocycles. The lowest BCUT2D eigenvalue weighted by molar-refractivity contribution is -0.133. The Balaban J connectivity index is 1.82. The van der Waals surface area contributed by atoms with E-state index in [9.17, 15) is 4.79 Å². The van der Waals surface area contributed by atoms with E-state index in [1.165, 1.54) is 51.4 Å². The summed E-state index contributed by atoms with van der Waals surface area (Å²) in [4.78, 5) is 12.4. The molecule has 0 aromatic carbocycles. The zero-order chi connectivity index (χ0) is 14.4. The van der Waals surface area contributed by atoms with Crippen LogP contribution in [0.15, 0.2) is 0 Å². The molecule has 20 heavy (non-hydrogen) atoms. The van der Waals surface area contributed by atoms with Gasteiger partial charge < -0.3 is 4.74 Å². The van der Waals surface area contributed by atoms with Gasteiger partial charge in [-0.3, -0.25) is 4.79 Å². The molecule has 116 valence electrons. The van der Waals surface area contributed by atoms with Gasteiger partial charge in [-0.2, -0.15) is 0 Å². The maximum Gasteiger partial charge on any atom is 0.161 e. The van der Waals surface area contributed by atoms with Crippen molar-refractivity contribution in [2.75, 3.05) is 6.61 Å². The highest BCUT2D eigenvalue weighted by Crippen LogP contribution is 2.31. The van der Waals surface area contributed by atoms with Crippen molar-refractivity contribution < 1.29 is 9.53 Å². The van der Waals surface area contributed by atoms with E-state index >= 15 is 0 Å². The number of hydrogen-bond donors (Lipinski definition) is 0. The second kappa shape index (κ2) is 8.17. The Hall–Kier alpha value is -0.370. The minimum atomic E-state index is -0.110. The number of carbonyl (C=O) groups excluding carboxylic acids is 1. The summed E-state index contributed by atoms with van der Waals surface area (Å²) < 4.78 is 6.10. The summed E-state index contributed by atoms with van der Waals surface area (Å²) in [7, 11) is 0. The van der Waals surface area contributed by atoms with Crippen molar-refractivity contribution >= 4 is 5.78 Å². The normalized spacial score (nSPS) is 22.8. The van der Waals surface area contributed by atoms with Gasteiger partial charge in [-0.25, -0.2) is 0 Å². The van der Waals surface area contributed by atoms with E-state index in [2.05, 4.69) is 13.8 Å². The SMILES string of the molecule is CC(C)CC(=O)C(CC1CCCC1)OCC1CCCC1. The van der Waals surface area contributed by atoms with Crippen LogP contribution in [0, 0.1) is 17.8 Å². The van der Waals surface area contributed by atoms with Crippen LogP contribution in [0.1, 0.15) is 78.1 Å². The predicted octanol–water partition coefficient (Wildman–Crippen LogP) is 4.76. The third-order valence-electron chi connectivity index (χ3n) is 5.00. The molecule has 0 spiro atoms. The zero-order valence-corrected chi connectivity index (χ0v) is 13.4. The van der Waals surface area contributed by atoms with Crippen LogP contribution in [-0.4, -0.2) is 18.5 Å². The van der Waals surface area contributed by atoms with Crippen LogP contribution >= 0.6 is 0 Å². The van der Waals surface area contributed by atoms with Crippen LogP contribution in [0.25, 0.3) is 0 Å². The predicted molar refractivity (Wildman–Crippen MR) is 82.7 cm³/mol. The summed E-state index contributed by atoms with van der Waals surface area (Å²) in [5, 5.41) is 0. The maximum absolute atomic E-state index is 12.4. The maximum atomic E-state index is 12.4. The molecule has 0 aromatic heterocycles. The molecule has 1 unspecified atom stereocenters. The van der Waals surface area contributed by atoms with Gasteiger partial charge >= 0.3 is 0 Å². The first-order valence-corrected chi connectivity index (χ1v) is 8.79. The lowest BCUT2D eigenvalue weighted by Gasteiger charge is -2.22. The molecule has 2 aliphatic rings. The Kier molecular flexibility index (Phi) is 6.54. The lowest BCUT2D eigenvalue weighted by Crippen LogP contribution is -2.29. The number of Topliss-reactive ketones (excluding diaryl/α,β-unsaturated/α-hetero) is 1. The Labute approximate surface area is 124 Å². The number of ketones is 1. The van der Waals surface area contributed by atoms with Gasteiger partial charge in [0.05, 0.1) is 6.61 Å². The van der Waals surface area contributed by atoms with E-state index in [-0.39, 0.29) is 6.10 Å². The van der Waals surface area contributed by atoms with Gasteiger partial charge in [-0.05, 0) is 37.0 Å². The topological polar surface area (TPSA) is 26.3 Å². The van der Waals surface area contributed by atoms with Gasteiger partial charge in [-0.1, -0.05) is 52.4 Å². The molecule has 0 aromatic rings. The molecule has 2 fully saturated rings. The average Bonchev–Trinajstić information content (AvgIpc) is 3.06. The molecule has 1 atom stereocenters. The molecule has 2 heteroatoms. The fourth-order valence-corrected chi connectivity index (χ4v) is 3.80. The fourth-order valence-electron chi connectivity index (χ4n) is 3.80. The quantitative estimate of drug-likeness (QED) is 0.641. The van der Waals surface area contributed by atoms with Gasteiger partial charge in [0.2, 0.25) is 0 Å². The van der Waals surface area contributed by atoms with Crippen molar-refractivity contribution in [3.8, 4) is 0 Å². The largest absolute Gasteiger partial charge is 0.370 e. The molecule has 2 rings (SSSR count). The molecule has 0 heterocycles. The second-order valence-corrected chi connectivity index (χ2v) is 7.42. The molecule has 2 nitrogen and oxygen atoms in total. The van der Waals surface area contributed by atoms with Crippen LogP contribution in [0.5, 0.6) is 0 Å². The van der Waals surface area contributed by atoms with Gasteiger partial charge in [0.25, 0.3) is 0 Å².